The predicted molar refractivity (Wildman–Crippen MR) is 218 cm³/mol. The molecule has 6 aliphatic rings. The Hall–Kier alpha value is -4.14. The highest BCUT2D eigenvalue weighted by molar-refractivity contribution is 7.18. The number of thiophene rings is 2. The number of hydrogen-bond donors (Lipinski definition) is 2. The normalized spacial score (nSPS) is 24.1. The SMILES string of the molecule is CCOC(=O)c1c(N)sc2c1CCN(CC(F)F)C2.CN1CC(=O)N[C@@H]2CCC[C@@H]2C1=O.CN1Cc2nc3sc4c(c3c(=O)n2[C@@H]2CCC[C@@H]2C1=O)CCN(CC(F)F)C4. The van der Waals surface area contributed by atoms with Crippen LogP contribution in [0.15, 0.2) is 4.79 Å². The van der Waals surface area contributed by atoms with E-state index in [1.807, 2.05) is 0 Å². The quantitative estimate of drug-likeness (QED) is 0.270. The lowest BCUT2D eigenvalue weighted by Crippen LogP contribution is -2.37. The first-order valence-electron chi connectivity index (χ1n) is 20.6. The maximum atomic E-state index is 13.5. The molecule has 2 aliphatic carbocycles. The van der Waals surface area contributed by atoms with Crippen LogP contribution in [0.3, 0.4) is 0 Å². The molecule has 9 rings (SSSR count). The number of rotatable bonds is 6. The van der Waals surface area contributed by atoms with Crippen LogP contribution >= 0.6 is 22.7 Å². The Morgan fingerprint density at radius 3 is 2.10 bits per heavy atom. The molecule has 0 bridgehead atoms. The van der Waals surface area contributed by atoms with E-state index >= 15 is 0 Å². The van der Waals surface area contributed by atoms with E-state index in [1.54, 1.807) is 40.3 Å². The van der Waals surface area contributed by atoms with E-state index in [1.165, 1.54) is 27.6 Å². The van der Waals surface area contributed by atoms with Crippen molar-refractivity contribution in [2.24, 2.45) is 11.8 Å². The maximum absolute atomic E-state index is 13.5. The number of hydrogen-bond acceptors (Lipinski definition) is 12. The first-order valence-corrected chi connectivity index (χ1v) is 22.2. The largest absolute Gasteiger partial charge is 0.462 e. The van der Waals surface area contributed by atoms with Gasteiger partial charge in [0.25, 0.3) is 18.4 Å². The zero-order valence-electron chi connectivity index (χ0n) is 34.0. The van der Waals surface area contributed by atoms with E-state index in [0.29, 0.717) is 78.8 Å². The number of esters is 1. The molecule has 4 atom stereocenters. The number of carbonyl (C=O) groups is 4. The van der Waals surface area contributed by atoms with Crippen molar-refractivity contribution in [2.75, 3.05) is 59.2 Å². The number of nitrogens with zero attached hydrogens (tertiary/aromatic N) is 6. The van der Waals surface area contributed by atoms with Gasteiger partial charge in [-0.1, -0.05) is 12.8 Å². The molecule has 4 aliphatic heterocycles. The summed E-state index contributed by atoms with van der Waals surface area (Å²) in [5.74, 6) is 0.313. The number of nitrogens with one attached hydrogen (secondary N) is 1. The van der Waals surface area contributed by atoms with Crippen LogP contribution in [-0.4, -0.2) is 125 Å². The standard InChI is InChI=1S/C19H22F2N4O2S.C12H16F2N2O2S.C9H14N2O2/c1-23-9-15-22-17-16(11-5-6-24(8-14(20)21)7-13(11)28-17)19(27)25(15)12-4-2-3-10(12)18(23)26;1-2-18-12(17)10-7-3-4-16(6-9(13)14)5-8(7)19-11(10)15;1-11-5-8(12)10-7-4-2-3-6(7)9(11)13/h10,12,14H,2-9H2,1H3;9H,2-6,15H2,1H3;6-7H,2-5H2,1H3,(H,10,12)/t10-,12+;;6-,7+/m0.0/s1. The van der Waals surface area contributed by atoms with Crippen molar-refractivity contribution in [3.8, 4) is 0 Å². The average Bonchev–Trinajstić information content (AvgIpc) is 3.97. The molecule has 1 saturated heterocycles. The average molecular weight is 881 g/mol. The van der Waals surface area contributed by atoms with E-state index in [4.69, 9.17) is 15.5 Å². The number of alkyl halides is 4. The minimum atomic E-state index is -2.36. The van der Waals surface area contributed by atoms with Gasteiger partial charge in [0, 0.05) is 56.1 Å². The first kappa shape index (κ1) is 43.9. The Balaban J connectivity index is 0.000000147. The van der Waals surface area contributed by atoms with Gasteiger partial charge in [0.2, 0.25) is 17.7 Å². The molecule has 0 unspecified atom stereocenters. The third-order valence-corrected chi connectivity index (χ3v) is 14.5. The molecule has 0 radical (unpaired) electrons. The van der Waals surface area contributed by atoms with Gasteiger partial charge < -0.3 is 25.6 Å². The maximum Gasteiger partial charge on any atom is 0.341 e. The van der Waals surface area contributed by atoms with Gasteiger partial charge in [0.1, 0.15) is 15.7 Å². The van der Waals surface area contributed by atoms with Gasteiger partial charge in [-0.3, -0.25) is 33.5 Å². The van der Waals surface area contributed by atoms with Gasteiger partial charge in [0.05, 0.1) is 61.6 Å². The molecule has 20 heteroatoms. The summed E-state index contributed by atoms with van der Waals surface area (Å²) in [5, 5.41) is 3.96. The molecule has 14 nitrogen and oxygen atoms in total. The van der Waals surface area contributed by atoms with Crippen molar-refractivity contribution in [3.05, 3.63) is 42.6 Å². The molecule has 3 fully saturated rings. The Morgan fingerprint density at radius 1 is 0.833 bits per heavy atom. The van der Waals surface area contributed by atoms with Crippen molar-refractivity contribution in [1.29, 1.82) is 0 Å². The molecule has 3 aromatic heterocycles. The van der Waals surface area contributed by atoms with Gasteiger partial charge in [-0.15, -0.1) is 22.7 Å². The summed E-state index contributed by atoms with van der Waals surface area (Å²) in [4.78, 5) is 75.0. The molecule has 60 heavy (non-hydrogen) atoms. The minimum Gasteiger partial charge on any atom is -0.462 e. The zero-order chi connectivity index (χ0) is 43.0. The summed E-state index contributed by atoms with van der Waals surface area (Å²) in [7, 11) is 3.47. The summed E-state index contributed by atoms with van der Waals surface area (Å²) >= 11 is 2.73. The molecule has 0 aromatic carbocycles. The number of ether oxygens (including phenoxy) is 1. The van der Waals surface area contributed by atoms with Gasteiger partial charge in [-0.05, 0) is 56.6 Å². The fourth-order valence-corrected chi connectivity index (χ4v) is 12.0. The van der Waals surface area contributed by atoms with Crippen molar-refractivity contribution in [2.45, 2.75) is 103 Å². The highest BCUT2D eigenvalue weighted by Gasteiger charge is 2.42. The van der Waals surface area contributed by atoms with E-state index in [9.17, 15) is 41.5 Å². The molecular formula is C40H52F4N8O6S2. The predicted octanol–water partition coefficient (Wildman–Crippen LogP) is 4.27. The number of anilines is 1. The summed E-state index contributed by atoms with van der Waals surface area (Å²) in [6.45, 7) is 3.99. The van der Waals surface area contributed by atoms with Crippen molar-refractivity contribution in [1.82, 2.24) is 34.5 Å². The number of amides is 3. The molecular weight excluding hydrogens is 829 g/mol. The van der Waals surface area contributed by atoms with Crippen LogP contribution in [0.25, 0.3) is 10.2 Å². The smallest absolute Gasteiger partial charge is 0.341 e. The lowest BCUT2D eigenvalue weighted by atomic mass is 10.0. The second-order valence-electron chi connectivity index (χ2n) is 16.3. The molecule has 328 valence electrons. The van der Waals surface area contributed by atoms with Crippen molar-refractivity contribution in [3.63, 3.8) is 0 Å². The van der Waals surface area contributed by atoms with Crippen LogP contribution in [0.2, 0.25) is 0 Å². The Bertz CT molecular complexity index is 2180. The van der Waals surface area contributed by atoms with E-state index < -0.39 is 18.8 Å². The van der Waals surface area contributed by atoms with Gasteiger partial charge in [-0.25, -0.2) is 27.3 Å². The van der Waals surface area contributed by atoms with Crippen LogP contribution in [0.4, 0.5) is 22.6 Å². The van der Waals surface area contributed by atoms with Crippen LogP contribution < -0.4 is 16.6 Å². The van der Waals surface area contributed by atoms with Gasteiger partial charge in [-0.2, -0.15) is 0 Å². The highest BCUT2D eigenvalue weighted by atomic mass is 32.1. The number of fused-ring (bicyclic) bond motifs is 8. The number of aromatic nitrogens is 2. The summed E-state index contributed by atoms with van der Waals surface area (Å²) in [6.07, 6.45) is 1.94. The molecule has 2 saturated carbocycles. The monoisotopic (exact) mass is 880 g/mol. The minimum absolute atomic E-state index is 0.0229. The number of carbonyl (C=O) groups excluding carboxylic acids is 4. The Labute approximate surface area is 353 Å². The molecule has 3 aromatic rings. The third kappa shape index (κ3) is 9.06. The topological polar surface area (TPSA) is 163 Å². The fourth-order valence-electron chi connectivity index (χ4n) is 9.58. The van der Waals surface area contributed by atoms with Crippen LogP contribution in [0.5, 0.6) is 0 Å². The number of nitrogens with two attached hydrogens (primary N) is 1. The van der Waals surface area contributed by atoms with Crippen LogP contribution in [0, 0.1) is 11.8 Å². The zero-order valence-corrected chi connectivity index (χ0v) is 35.7. The van der Waals surface area contributed by atoms with Crippen LogP contribution in [-0.2, 0) is 51.6 Å². The van der Waals surface area contributed by atoms with E-state index in [-0.39, 0.29) is 66.8 Å². The molecule has 7 heterocycles. The van der Waals surface area contributed by atoms with E-state index in [2.05, 4.69) is 5.32 Å². The first-order chi connectivity index (χ1) is 28.6. The van der Waals surface area contributed by atoms with E-state index in [0.717, 1.165) is 59.4 Å². The van der Waals surface area contributed by atoms with Gasteiger partial charge >= 0.3 is 5.97 Å². The lowest BCUT2D eigenvalue weighted by molar-refractivity contribution is -0.135. The number of nitrogen functional groups attached to an aromatic ring is 1. The van der Waals surface area contributed by atoms with Crippen LogP contribution in [0.1, 0.15) is 88.6 Å². The summed E-state index contributed by atoms with van der Waals surface area (Å²) in [6, 6.07) is -0.0173. The third-order valence-electron chi connectivity index (χ3n) is 12.3. The second-order valence-corrected chi connectivity index (χ2v) is 18.5. The summed E-state index contributed by atoms with van der Waals surface area (Å²) in [5.41, 5.74) is 8.06. The van der Waals surface area contributed by atoms with Gasteiger partial charge in [0.15, 0.2) is 0 Å². The Kier molecular flexibility index (Phi) is 13.5. The Morgan fingerprint density at radius 2 is 1.43 bits per heavy atom. The second kappa shape index (κ2) is 18.5. The lowest BCUT2D eigenvalue weighted by Gasteiger charge is -2.26. The highest BCUT2D eigenvalue weighted by Crippen LogP contribution is 2.41. The molecule has 3 N–H and O–H groups in total. The number of likely N-dealkylation sites (N-methyl/N-ethyl adjacent to an activating group) is 1. The van der Waals surface area contributed by atoms with Crippen molar-refractivity contribution >= 4 is 61.6 Å². The van der Waals surface area contributed by atoms with Crippen molar-refractivity contribution < 1.29 is 41.5 Å². The molecule has 3 amide bonds. The summed E-state index contributed by atoms with van der Waals surface area (Å²) < 4.78 is 57.0. The fraction of sp³-hybridized carbons (Fsp3) is 0.650. The molecule has 0 spiro atoms. The number of halogens is 4.